The normalized spacial score (nSPS) is 21.8. The highest BCUT2D eigenvalue weighted by Gasteiger charge is 2.46. The number of sulfonamides is 1. The van der Waals surface area contributed by atoms with E-state index in [1.165, 1.54) is 0 Å². The van der Waals surface area contributed by atoms with Crippen LogP contribution in [-0.2, 0) is 16.4 Å². The van der Waals surface area contributed by atoms with Crippen LogP contribution >= 0.6 is 0 Å². The Balaban J connectivity index is 1.65. The highest BCUT2D eigenvalue weighted by molar-refractivity contribution is 7.89. The van der Waals surface area contributed by atoms with Crippen molar-refractivity contribution in [3.63, 3.8) is 0 Å². The third-order valence-electron chi connectivity index (χ3n) is 5.91. The standard InChI is InChI=1S/C20H22N4O3S/c1-3-28(25,26)24-13-8-9-17(24)15-12-21-20-11-16(22-23(20)18(15)10-13)14-6-4-5-7-19(14)27-2/h4-7,11-13,17H,3,8-10H2,1-2H3/t13-,17+/m0/s1. The van der Waals surface area contributed by atoms with Gasteiger partial charge in [-0.25, -0.2) is 17.9 Å². The Morgan fingerprint density at radius 3 is 2.86 bits per heavy atom. The summed E-state index contributed by atoms with van der Waals surface area (Å²) in [6.07, 6.45) is 4.21. The van der Waals surface area contributed by atoms with Gasteiger partial charge in [-0.2, -0.15) is 9.40 Å². The Kier molecular flexibility index (Phi) is 3.96. The molecule has 0 unspecified atom stereocenters. The average molecular weight is 398 g/mol. The summed E-state index contributed by atoms with van der Waals surface area (Å²) >= 11 is 0. The first-order chi connectivity index (χ1) is 13.5. The van der Waals surface area contributed by atoms with E-state index in [2.05, 4.69) is 4.98 Å². The molecule has 2 bridgehead atoms. The molecule has 3 aromatic rings. The Morgan fingerprint density at radius 1 is 1.25 bits per heavy atom. The smallest absolute Gasteiger partial charge is 0.214 e. The molecule has 146 valence electrons. The van der Waals surface area contributed by atoms with Gasteiger partial charge in [-0.1, -0.05) is 12.1 Å². The van der Waals surface area contributed by atoms with Crippen LogP contribution in [0, 0.1) is 0 Å². The Labute approximate surface area is 164 Å². The van der Waals surface area contributed by atoms with Gasteiger partial charge in [-0.15, -0.1) is 0 Å². The number of ether oxygens (including phenoxy) is 1. The molecule has 0 radical (unpaired) electrons. The molecule has 0 saturated carbocycles. The lowest BCUT2D eigenvalue weighted by Gasteiger charge is -2.34. The van der Waals surface area contributed by atoms with Crippen LogP contribution in [-0.4, -0.2) is 46.2 Å². The zero-order valence-electron chi connectivity index (χ0n) is 15.9. The summed E-state index contributed by atoms with van der Waals surface area (Å²) in [5, 5.41) is 4.82. The van der Waals surface area contributed by atoms with Crippen LogP contribution in [0.1, 0.15) is 37.1 Å². The lowest BCUT2D eigenvalue weighted by molar-refractivity contribution is 0.298. The quantitative estimate of drug-likeness (QED) is 0.675. The van der Waals surface area contributed by atoms with Crippen LogP contribution in [0.2, 0.25) is 0 Å². The van der Waals surface area contributed by atoms with E-state index in [1.54, 1.807) is 18.3 Å². The first-order valence-electron chi connectivity index (χ1n) is 9.55. The van der Waals surface area contributed by atoms with Crippen molar-refractivity contribution in [2.24, 2.45) is 0 Å². The number of hydrogen-bond donors (Lipinski definition) is 0. The van der Waals surface area contributed by atoms with Crippen molar-refractivity contribution in [3.8, 4) is 17.0 Å². The fraction of sp³-hybridized carbons (Fsp3) is 0.400. The molecule has 1 saturated heterocycles. The Bertz CT molecular complexity index is 1170. The Hall–Kier alpha value is -2.45. The number of hydrogen-bond acceptors (Lipinski definition) is 5. The first kappa shape index (κ1) is 17.6. The molecule has 2 atom stereocenters. The molecule has 0 N–H and O–H groups in total. The van der Waals surface area contributed by atoms with Gasteiger partial charge >= 0.3 is 0 Å². The number of para-hydroxylation sites is 1. The van der Waals surface area contributed by atoms with Gasteiger partial charge < -0.3 is 4.74 Å². The molecule has 8 heteroatoms. The van der Waals surface area contributed by atoms with Crippen molar-refractivity contribution in [1.82, 2.24) is 18.9 Å². The summed E-state index contributed by atoms with van der Waals surface area (Å²) in [5.74, 6) is 0.894. The van der Waals surface area contributed by atoms with E-state index in [0.29, 0.717) is 6.42 Å². The summed E-state index contributed by atoms with van der Waals surface area (Å²) in [5.41, 5.74) is 4.53. The molecule has 28 heavy (non-hydrogen) atoms. The zero-order valence-corrected chi connectivity index (χ0v) is 16.7. The number of benzene rings is 1. The van der Waals surface area contributed by atoms with Crippen molar-refractivity contribution in [2.45, 2.75) is 38.3 Å². The monoisotopic (exact) mass is 398 g/mol. The molecule has 0 amide bonds. The van der Waals surface area contributed by atoms with Gasteiger partial charge in [-0.05, 0) is 31.9 Å². The number of fused-ring (bicyclic) bond motifs is 6. The summed E-state index contributed by atoms with van der Waals surface area (Å²) in [4.78, 5) is 4.59. The largest absolute Gasteiger partial charge is 0.496 e. The SMILES string of the molecule is CCS(=O)(=O)N1[C@H]2CC[C@@H]1c1cnc3cc(-c4ccccc4OC)nn3c1C2. The minimum Gasteiger partial charge on any atom is -0.496 e. The van der Waals surface area contributed by atoms with Crippen molar-refractivity contribution >= 4 is 15.7 Å². The highest BCUT2D eigenvalue weighted by atomic mass is 32.2. The van der Waals surface area contributed by atoms with E-state index < -0.39 is 10.0 Å². The maximum Gasteiger partial charge on any atom is 0.214 e. The van der Waals surface area contributed by atoms with E-state index in [0.717, 1.165) is 46.8 Å². The highest BCUT2D eigenvalue weighted by Crippen LogP contribution is 2.45. The number of methoxy groups -OCH3 is 1. The van der Waals surface area contributed by atoms with E-state index >= 15 is 0 Å². The van der Waals surface area contributed by atoms with Gasteiger partial charge in [0.25, 0.3) is 0 Å². The van der Waals surface area contributed by atoms with Gasteiger partial charge in [0.2, 0.25) is 10.0 Å². The van der Waals surface area contributed by atoms with Crippen LogP contribution in [0.3, 0.4) is 0 Å². The summed E-state index contributed by atoms with van der Waals surface area (Å²) < 4.78 is 34.3. The lowest BCUT2D eigenvalue weighted by atomic mass is 10.0. The van der Waals surface area contributed by atoms with Gasteiger partial charge in [0.1, 0.15) is 5.75 Å². The molecular weight excluding hydrogens is 376 g/mol. The van der Waals surface area contributed by atoms with E-state index in [4.69, 9.17) is 9.84 Å². The van der Waals surface area contributed by atoms with Gasteiger partial charge in [-0.3, -0.25) is 0 Å². The zero-order chi connectivity index (χ0) is 19.5. The number of nitrogens with zero attached hydrogens (tertiary/aromatic N) is 4. The van der Waals surface area contributed by atoms with Crippen LogP contribution in [0.5, 0.6) is 5.75 Å². The maximum absolute atomic E-state index is 12.6. The molecule has 1 aromatic carbocycles. The molecule has 4 heterocycles. The van der Waals surface area contributed by atoms with Gasteiger partial charge in [0.15, 0.2) is 5.65 Å². The Morgan fingerprint density at radius 2 is 2.07 bits per heavy atom. The van der Waals surface area contributed by atoms with Gasteiger partial charge in [0.05, 0.1) is 30.3 Å². The predicted molar refractivity (Wildman–Crippen MR) is 106 cm³/mol. The van der Waals surface area contributed by atoms with Crippen molar-refractivity contribution in [1.29, 1.82) is 0 Å². The average Bonchev–Trinajstić information content (AvgIpc) is 3.29. The third-order valence-corrected chi connectivity index (χ3v) is 7.84. The second kappa shape index (κ2) is 6.28. The summed E-state index contributed by atoms with van der Waals surface area (Å²) in [7, 11) is -1.59. The molecule has 0 spiro atoms. The molecule has 1 fully saturated rings. The second-order valence-electron chi connectivity index (χ2n) is 7.34. The molecule has 7 nitrogen and oxygen atoms in total. The second-order valence-corrected chi connectivity index (χ2v) is 9.50. The topological polar surface area (TPSA) is 76.8 Å². The minimum absolute atomic E-state index is 0.00645. The van der Waals surface area contributed by atoms with Crippen molar-refractivity contribution in [2.75, 3.05) is 12.9 Å². The number of rotatable bonds is 4. The molecule has 5 rings (SSSR count). The molecule has 0 aliphatic carbocycles. The molecular formula is C20H22N4O3S. The van der Waals surface area contributed by atoms with E-state index in [1.807, 2.05) is 41.0 Å². The van der Waals surface area contributed by atoms with Crippen LogP contribution in [0.4, 0.5) is 0 Å². The predicted octanol–water partition coefficient (Wildman–Crippen LogP) is 2.82. The molecule has 2 aliphatic rings. The molecule has 2 aromatic heterocycles. The van der Waals surface area contributed by atoms with Crippen LogP contribution in [0.15, 0.2) is 36.5 Å². The molecule has 2 aliphatic heterocycles. The maximum atomic E-state index is 12.6. The van der Waals surface area contributed by atoms with E-state index in [9.17, 15) is 8.42 Å². The third kappa shape index (κ3) is 2.48. The van der Waals surface area contributed by atoms with Crippen LogP contribution < -0.4 is 4.74 Å². The number of aromatic nitrogens is 3. The first-order valence-corrected chi connectivity index (χ1v) is 11.2. The summed E-state index contributed by atoms with van der Waals surface area (Å²) in [6, 6.07) is 9.61. The van der Waals surface area contributed by atoms with Gasteiger partial charge in [0, 0.05) is 35.9 Å². The van der Waals surface area contributed by atoms with Crippen molar-refractivity contribution in [3.05, 3.63) is 47.8 Å². The minimum atomic E-state index is -3.24. The van der Waals surface area contributed by atoms with Crippen LogP contribution in [0.25, 0.3) is 16.9 Å². The van der Waals surface area contributed by atoms with Crippen molar-refractivity contribution < 1.29 is 13.2 Å². The van der Waals surface area contributed by atoms with E-state index in [-0.39, 0.29) is 17.8 Å². The summed E-state index contributed by atoms with van der Waals surface area (Å²) in [6.45, 7) is 1.71. The fourth-order valence-corrected chi connectivity index (χ4v) is 6.14. The lowest BCUT2D eigenvalue weighted by Crippen LogP contribution is -2.43. The fourth-order valence-electron chi connectivity index (χ4n) is 4.60.